The number of halogens is 1. The zero-order chi connectivity index (χ0) is 14.0. The zero-order valence-electron chi connectivity index (χ0n) is 10.7. The number of hydrogen-bond donors (Lipinski definition) is 2. The van der Waals surface area contributed by atoms with Crippen molar-refractivity contribution in [1.82, 2.24) is 0 Å². The fraction of sp³-hybridized carbons (Fsp3) is 0.214. The lowest BCUT2D eigenvalue weighted by atomic mass is 10.2. The van der Waals surface area contributed by atoms with Gasteiger partial charge in [0.05, 0.1) is 0 Å². The van der Waals surface area contributed by atoms with Crippen LogP contribution >= 0.6 is 27.3 Å². The van der Waals surface area contributed by atoms with Crippen LogP contribution in [0.3, 0.4) is 0 Å². The highest BCUT2D eigenvalue weighted by molar-refractivity contribution is 9.10. The van der Waals surface area contributed by atoms with Crippen LogP contribution in [0.15, 0.2) is 28.7 Å². The van der Waals surface area contributed by atoms with Gasteiger partial charge in [0, 0.05) is 21.6 Å². The van der Waals surface area contributed by atoms with E-state index in [1.165, 1.54) is 16.9 Å². The Hall–Kier alpha value is -1.33. The average molecular weight is 340 g/mol. The van der Waals surface area contributed by atoms with Gasteiger partial charge in [-0.3, -0.25) is 0 Å². The monoisotopic (exact) mass is 339 g/mol. The maximum Gasteiger partial charge on any atom is 0.345 e. The van der Waals surface area contributed by atoms with Crippen LogP contribution in [0.2, 0.25) is 0 Å². The molecule has 1 aromatic carbocycles. The zero-order valence-corrected chi connectivity index (χ0v) is 13.1. The van der Waals surface area contributed by atoms with Gasteiger partial charge in [-0.1, -0.05) is 6.07 Å². The second-order valence-corrected chi connectivity index (χ2v) is 6.44. The van der Waals surface area contributed by atoms with E-state index in [4.69, 9.17) is 5.11 Å². The number of aryl methyl sites for hydroxylation is 2. The standard InChI is InChI=1S/C14H14BrNO2S/c1-8-3-4-12(11(15)5-8)16-7-10-6-13(14(17)18)19-9(10)2/h3-6,16H,7H2,1-2H3,(H,17,18). The third-order valence-corrected chi connectivity index (χ3v) is 4.56. The fourth-order valence-corrected chi connectivity index (χ4v) is 3.27. The first kappa shape index (κ1) is 14.1. The van der Waals surface area contributed by atoms with E-state index in [-0.39, 0.29) is 0 Å². The van der Waals surface area contributed by atoms with Crippen molar-refractivity contribution in [3.63, 3.8) is 0 Å². The molecule has 0 spiro atoms. The Kier molecular flexibility index (Phi) is 4.27. The van der Waals surface area contributed by atoms with Gasteiger partial charge in [-0.05, 0) is 59.1 Å². The minimum atomic E-state index is -0.865. The van der Waals surface area contributed by atoms with Crippen LogP contribution in [-0.2, 0) is 6.54 Å². The Labute approximate surface area is 124 Å². The van der Waals surface area contributed by atoms with E-state index in [1.807, 2.05) is 32.0 Å². The summed E-state index contributed by atoms with van der Waals surface area (Å²) < 4.78 is 1.01. The Balaban J connectivity index is 2.12. The Morgan fingerprint density at radius 2 is 2.11 bits per heavy atom. The normalized spacial score (nSPS) is 10.5. The van der Waals surface area contributed by atoms with Gasteiger partial charge in [-0.2, -0.15) is 0 Å². The minimum absolute atomic E-state index is 0.386. The van der Waals surface area contributed by atoms with Gasteiger partial charge in [0.15, 0.2) is 0 Å². The van der Waals surface area contributed by atoms with Crippen molar-refractivity contribution in [2.75, 3.05) is 5.32 Å². The highest BCUT2D eigenvalue weighted by atomic mass is 79.9. The summed E-state index contributed by atoms with van der Waals surface area (Å²) in [6, 6.07) is 7.83. The summed E-state index contributed by atoms with van der Waals surface area (Å²) in [5.74, 6) is -0.865. The molecule has 0 unspecified atom stereocenters. The largest absolute Gasteiger partial charge is 0.477 e. The SMILES string of the molecule is Cc1ccc(NCc2cc(C(=O)O)sc2C)c(Br)c1. The van der Waals surface area contributed by atoms with Crippen molar-refractivity contribution < 1.29 is 9.90 Å². The molecule has 0 aliphatic heterocycles. The number of anilines is 1. The third kappa shape index (κ3) is 3.36. The Bertz CT molecular complexity index is 622. The number of carbonyl (C=O) groups is 1. The third-order valence-electron chi connectivity index (χ3n) is 2.83. The van der Waals surface area contributed by atoms with Crippen LogP contribution in [0.1, 0.15) is 25.7 Å². The maximum atomic E-state index is 10.9. The van der Waals surface area contributed by atoms with Crippen LogP contribution in [0.5, 0.6) is 0 Å². The van der Waals surface area contributed by atoms with Gasteiger partial charge in [0.1, 0.15) is 4.88 Å². The van der Waals surface area contributed by atoms with Gasteiger partial charge in [-0.25, -0.2) is 4.79 Å². The van der Waals surface area contributed by atoms with Gasteiger partial charge >= 0.3 is 5.97 Å². The van der Waals surface area contributed by atoms with Crippen LogP contribution in [-0.4, -0.2) is 11.1 Å². The van der Waals surface area contributed by atoms with E-state index in [0.29, 0.717) is 11.4 Å². The second-order valence-electron chi connectivity index (χ2n) is 4.33. The van der Waals surface area contributed by atoms with E-state index in [1.54, 1.807) is 6.07 Å². The lowest BCUT2D eigenvalue weighted by Crippen LogP contribution is -2.00. The van der Waals surface area contributed by atoms with E-state index in [2.05, 4.69) is 21.2 Å². The molecular weight excluding hydrogens is 326 g/mol. The second kappa shape index (κ2) is 5.75. The lowest BCUT2D eigenvalue weighted by molar-refractivity contribution is 0.0702. The number of carboxylic acids is 1. The molecule has 100 valence electrons. The van der Waals surface area contributed by atoms with Gasteiger partial charge in [0.25, 0.3) is 0 Å². The summed E-state index contributed by atoms with van der Waals surface area (Å²) in [5, 5.41) is 12.3. The molecular formula is C14H14BrNO2S. The Morgan fingerprint density at radius 3 is 2.68 bits per heavy atom. The van der Waals surface area contributed by atoms with Crippen LogP contribution in [0, 0.1) is 13.8 Å². The van der Waals surface area contributed by atoms with Gasteiger partial charge in [-0.15, -0.1) is 11.3 Å². The molecule has 19 heavy (non-hydrogen) atoms. The maximum absolute atomic E-state index is 10.9. The summed E-state index contributed by atoms with van der Waals surface area (Å²) in [5.41, 5.74) is 3.22. The first-order valence-electron chi connectivity index (χ1n) is 5.80. The van der Waals surface area contributed by atoms with Gasteiger partial charge in [0.2, 0.25) is 0 Å². The molecule has 0 bridgehead atoms. The van der Waals surface area contributed by atoms with Crippen LogP contribution < -0.4 is 5.32 Å². The van der Waals surface area contributed by atoms with Crippen molar-refractivity contribution in [2.24, 2.45) is 0 Å². The van der Waals surface area contributed by atoms with E-state index in [9.17, 15) is 4.79 Å². The number of aromatic carboxylic acids is 1. The van der Waals surface area contributed by atoms with Crippen molar-refractivity contribution in [1.29, 1.82) is 0 Å². The number of rotatable bonds is 4. The first-order chi connectivity index (χ1) is 8.97. The van der Waals surface area contributed by atoms with Crippen molar-refractivity contribution in [3.05, 3.63) is 49.6 Å². The molecule has 0 saturated heterocycles. The summed E-state index contributed by atoms with van der Waals surface area (Å²) in [4.78, 5) is 12.3. The Morgan fingerprint density at radius 1 is 1.37 bits per heavy atom. The number of thiophene rings is 1. The van der Waals surface area contributed by atoms with Crippen molar-refractivity contribution >= 4 is 38.9 Å². The van der Waals surface area contributed by atoms with E-state index >= 15 is 0 Å². The number of benzene rings is 1. The number of carboxylic acid groups (broad SMARTS) is 1. The minimum Gasteiger partial charge on any atom is -0.477 e. The molecule has 2 N–H and O–H groups in total. The predicted molar refractivity (Wildman–Crippen MR) is 82.2 cm³/mol. The molecule has 0 saturated carbocycles. The summed E-state index contributed by atoms with van der Waals surface area (Å²) >= 11 is 4.83. The summed E-state index contributed by atoms with van der Waals surface area (Å²) in [6.45, 7) is 4.60. The molecule has 5 heteroatoms. The topological polar surface area (TPSA) is 49.3 Å². The highest BCUT2D eigenvalue weighted by Crippen LogP contribution is 2.26. The molecule has 0 aliphatic rings. The van der Waals surface area contributed by atoms with Crippen molar-refractivity contribution in [2.45, 2.75) is 20.4 Å². The quantitative estimate of drug-likeness (QED) is 0.865. The first-order valence-corrected chi connectivity index (χ1v) is 7.41. The molecule has 3 nitrogen and oxygen atoms in total. The molecule has 0 atom stereocenters. The number of nitrogens with one attached hydrogen (secondary N) is 1. The van der Waals surface area contributed by atoms with Crippen molar-refractivity contribution in [3.8, 4) is 0 Å². The molecule has 1 aromatic heterocycles. The van der Waals surface area contributed by atoms with Crippen LogP contribution in [0.25, 0.3) is 0 Å². The molecule has 0 radical (unpaired) electrons. The van der Waals surface area contributed by atoms with E-state index in [0.717, 1.165) is 20.6 Å². The average Bonchev–Trinajstić information content (AvgIpc) is 2.70. The lowest BCUT2D eigenvalue weighted by Gasteiger charge is -2.09. The molecule has 2 rings (SSSR count). The highest BCUT2D eigenvalue weighted by Gasteiger charge is 2.11. The summed E-state index contributed by atoms with van der Waals surface area (Å²) in [7, 11) is 0. The molecule has 1 heterocycles. The van der Waals surface area contributed by atoms with E-state index < -0.39 is 5.97 Å². The summed E-state index contributed by atoms with van der Waals surface area (Å²) in [6.07, 6.45) is 0. The smallest absolute Gasteiger partial charge is 0.345 e. The molecule has 0 fully saturated rings. The fourth-order valence-electron chi connectivity index (χ4n) is 1.75. The predicted octanol–water partition coefficient (Wildman–Crippen LogP) is 4.44. The van der Waals surface area contributed by atoms with Crippen LogP contribution in [0.4, 0.5) is 5.69 Å². The number of hydrogen-bond acceptors (Lipinski definition) is 3. The van der Waals surface area contributed by atoms with Gasteiger partial charge < -0.3 is 10.4 Å². The molecule has 0 amide bonds. The molecule has 0 aliphatic carbocycles. The molecule has 2 aromatic rings.